The molecule has 2 aromatic rings. The van der Waals surface area contributed by atoms with Gasteiger partial charge in [-0.15, -0.1) is 0 Å². The summed E-state index contributed by atoms with van der Waals surface area (Å²) in [6, 6.07) is 6.46. The summed E-state index contributed by atoms with van der Waals surface area (Å²) >= 11 is 5.48. The molecular weight excluding hydrogens is 324 g/mol. The van der Waals surface area contributed by atoms with Crippen molar-refractivity contribution in [3.05, 3.63) is 34.1 Å². The number of likely N-dealkylation sites (N-methyl/N-ethyl adjacent to an activating group) is 1. The van der Waals surface area contributed by atoms with Crippen LogP contribution < -0.4 is 10.2 Å². The largest absolute Gasteiger partial charge is 0.348 e. The molecule has 1 fully saturated rings. The van der Waals surface area contributed by atoms with E-state index >= 15 is 0 Å². The Morgan fingerprint density at radius 3 is 2.75 bits per heavy atom. The number of amides is 1. The number of carbonyl (C=O) groups is 1. The van der Waals surface area contributed by atoms with E-state index in [0.717, 1.165) is 23.4 Å². The molecule has 2 N–H and O–H groups in total. The predicted molar refractivity (Wildman–Crippen MR) is 92.6 cm³/mol. The summed E-state index contributed by atoms with van der Waals surface area (Å²) in [5.74, 6) is 0.0723. The Morgan fingerprint density at radius 2 is 2.08 bits per heavy atom. The smallest absolute Gasteiger partial charge is 0.275 e. The van der Waals surface area contributed by atoms with Crippen molar-refractivity contribution in [1.82, 2.24) is 25.1 Å². The van der Waals surface area contributed by atoms with E-state index in [0.29, 0.717) is 24.0 Å². The van der Waals surface area contributed by atoms with Crippen LogP contribution in [0, 0.1) is 18.6 Å². The first kappa shape index (κ1) is 16.8. The van der Waals surface area contributed by atoms with Crippen LogP contribution >= 0.6 is 12.2 Å². The molecule has 128 valence electrons. The molecule has 7 nitrogen and oxygen atoms in total. The Kier molecular flexibility index (Phi) is 4.77. The van der Waals surface area contributed by atoms with E-state index in [9.17, 15) is 4.79 Å². The fraction of sp³-hybridized carbons (Fsp3) is 0.500. The maximum Gasteiger partial charge on any atom is 0.275 e. The summed E-state index contributed by atoms with van der Waals surface area (Å²) in [6.07, 6.45) is 2.19. The second-order valence-electron chi connectivity index (χ2n) is 6.58. The van der Waals surface area contributed by atoms with Gasteiger partial charge in [-0.05, 0) is 72.6 Å². The molecule has 1 unspecified atom stereocenters. The molecule has 1 aromatic heterocycles. The normalized spacial score (nSPS) is 15.3. The molecule has 1 saturated carbocycles. The molecule has 0 spiro atoms. The van der Waals surface area contributed by atoms with Crippen molar-refractivity contribution in [2.24, 2.45) is 0 Å². The topological polar surface area (TPSA) is 69.2 Å². The quantitative estimate of drug-likeness (QED) is 0.731. The van der Waals surface area contributed by atoms with Crippen molar-refractivity contribution in [2.45, 2.75) is 39.4 Å². The van der Waals surface area contributed by atoms with E-state index in [2.05, 4.69) is 29.6 Å². The lowest BCUT2D eigenvalue weighted by Gasteiger charge is -2.12. The second kappa shape index (κ2) is 6.82. The first-order valence-electron chi connectivity index (χ1n) is 8.15. The van der Waals surface area contributed by atoms with Gasteiger partial charge in [-0.25, -0.2) is 0 Å². The van der Waals surface area contributed by atoms with Crippen molar-refractivity contribution < 1.29 is 9.69 Å². The SMILES string of the molecule is Cc1ccc(-n2nnn(C[NH+](C)CC(=O)NC3CC3)c2=S)cc1C. The first-order chi connectivity index (χ1) is 11.4. The summed E-state index contributed by atoms with van der Waals surface area (Å²) in [6.45, 7) is 5.03. The molecule has 0 saturated heterocycles. The molecule has 1 aliphatic carbocycles. The van der Waals surface area contributed by atoms with Crippen LogP contribution in [0.5, 0.6) is 0 Å². The minimum atomic E-state index is 0.0723. The lowest BCUT2D eigenvalue weighted by molar-refractivity contribution is -0.895. The van der Waals surface area contributed by atoms with Crippen LogP contribution in [0.15, 0.2) is 18.2 Å². The zero-order valence-corrected chi connectivity index (χ0v) is 15.1. The van der Waals surface area contributed by atoms with Crippen molar-refractivity contribution in [1.29, 1.82) is 0 Å². The highest BCUT2D eigenvalue weighted by Crippen LogP contribution is 2.18. The minimum Gasteiger partial charge on any atom is -0.348 e. The molecule has 3 rings (SSSR count). The van der Waals surface area contributed by atoms with E-state index in [1.165, 1.54) is 11.1 Å². The number of carbonyl (C=O) groups excluding carboxylic acids is 1. The van der Waals surface area contributed by atoms with Crippen molar-refractivity contribution in [3.63, 3.8) is 0 Å². The minimum absolute atomic E-state index is 0.0723. The number of quaternary nitrogens is 1. The maximum absolute atomic E-state index is 11.9. The lowest BCUT2D eigenvalue weighted by atomic mass is 10.1. The van der Waals surface area contributed by atoms with Gasteiger partial charge in [0.05, 0.1) is 12.7 Å². The van der Waals surface area contributed by atoms with Crippen molar-refractivity contribution in [3.8, 4) is 5.69 Å². The number of benzene rings is 1. The summed E-state index contributed by atoms with van der Waals surface area (Å²) in [5.41, 5.74) is 3.31. The Labute approximate surface area is 146 Å². The van der Waals surface area contributed by atoms with E-state index in [1.54, 1.807) is 9.36 Å². The molecule has 24 heavy (non-hydrogen) atoms. The van der Waals surface area contributed by atoms with E-state index in [4.69, 9.17) is 12.2 Å². The van der Waals surface area contributed by atoms with Crippen LogP contribution in [0.25, 0.3) is 5.69 Å². The number of tetrazole rings is 1. The van der Waals surface area contributed by atoms with Gasteiger partial charge < -0.3 is 10.2 Å². The maximum atomic E-state index is 11.9. The molecule has 1 atom stereocenters. The zero-order chi connectivity index (χ0) is 17.3. The van der Waals surface area contributed by atoms with Crippen LogP contribution in [0.3, 0.4) is 0 Å². The summed E-state index contributed by atoms with van der Waals surface area (Å²) in [4.78, 5) is 12.9. The van der Waals surface area contributed by atoms with Gasteiger partial charge in [0.15, 0.2) is 13.2 Å². The molecule has 1 aliphatic rings. The molecule has 1 aromatic carbocycles. The number of nitrogens with zero attached hydrogens (tertiary/aromatic N) is 4. The predicted octanol–water partition coefficient (Wildman–Crippen LogP) is 0.166. The lowest BCUT2D eigenvalue weighted by Crippen LogP contribution is -3.09. The second-order valence-corrected chi connectivity index (χ2v) is 6.94. The highest BCUT2D eigenvalue weighted by molar-refractivity contribution is 7.71. The molecular formula is C16H23N6OS+. The number of aromatic nitrogens is 4. The van der Waals surface area contributed by atoms with Gasteiger partial charge in [0, 0.05) is 6.04 Å². The Hall–Kier alpha value is -2.06. The van der Waals surface area contributed by atoms with E-state index in [1.807, 2.05) is 25.2 Å². The van der Waals surface area contributed by atoms with Crippen LogP contribution in [-0.4, -0.2) is 45.3 Å². The molecule has 8 heteroatoms. The number of rotatable bonds is 6. The van der Waals surface area contributed by atoms with Gasteiger partial charge in [-0.3, -0.25) is 4.79 Å². The molecule has 1 amide bonds. The number of nitrogens with one attached hydrogen (secondary N) is 2. The standard InChI is InChI=1S/C16H22N6OS/c1-11-4-7-14(8-12(11)2)22-16(24)21(18-19-22)10-20(3)9-15(23)17-13-5-6-13/h4,7-8,13H,5-6,9-10H2,1-3H3,(H,17,23)/p+1. The molecule has 1 heterocycles. The monoisotopic (exact) mass is 347 g/mol. The average molecular weight is 347 g/mol. The van der Waals surface area contributed by atoms with Crippen LogP contribution in [0.2, 0.25) is 0 Å². The van der Waals surface area contributed by atoms with Crippen LogP contribution in [0.1, 0.15) is 24.0 Å². The highest BCUT2D eigenvalue weighted by atomic mass is 32.1. The van der Waals surface area contributed by atoms with E-state index < -0.39 is 0 Å². The number of aryl methyl sites for hydroxylation is 2. The van der Waals surface area contributed by atoms with E-state index in [-0.39, 0.29) is 5.91 Å². The van der Waals surface area contributed by atoms with Gasteiger partial charge >= 0.3 is 0 Å². The third-order valence-electron chi connectivity index (χ3n) is 4.20. The third-order valence-corrected chi connectivity index (χ3v) is 4.58. The molecule has 0 bridgehead atoms. The fourth-order valence-corrected chi connectivity index (χ4v) is 2.73. The molecule has 0 aliphatic heterocycles. The van der Waals surface area contributed by atoms with Crippen LogP contribution in [-0.2, 0) is 11.5 Å². The third kappa shape index (κ3) is 3.88. The van der Waals surface area contributed by atoms with Crippen molar-refractivity contribution in [2.75, 3.05) is 13.6 Å². The Balaban J connectivity index is 1.68. The van der Waals surface area contributed by atoms with Gasteiger partial charge in [-0.2, -0.15) is 9.36 Å². The van der Waals surface area contributed by atoms with Crippen molar-refractivity contribution >= 4 is 18.1 Å². The van der Waals surface area contributed by atoms with Crippen LogP contribution in [0.4, 0.5) is 0 Å². The van der Waals surface area contributed by atoms with Gasteiger partial charge in [0.25, 0.3) is 5.91 Å². The first-order valence-corrected chi connectivity index (χ1v) is 8.56. The van der Waals surface area contributed by atoms with Gasteiger partial charge in [-0.1, -0.05) is 6.07 Å². The summed E-state index contributed by atoms with van der Waals surface area (Å²) in [7, 11) is 1.95. The van der Waals surface area contributed by atoms with Gasteiger partial charge in [0.2, 0.25) is 4.77 Å². The average Bonchev–Trinajstić information content (AvgIpc) is 3.26. The zero-order valence-electron chi connectivity index (χ0n) is 14.2. The number of hydrogen-bond acceptors (Lipinski definition) is 4. The van der Waals surface area contributed by atoms with Gasteiger partial charge in [0.1, 0.15) is 0 Å². The summed E-state index contributed by atoms with van der Waals surface area (Å²) < 4.78 is 3.84. The highest BCUT2D eigenvalue weighted by Gasteiger charge is 2.24. The number of hydrogen-bond donors (Lipinski definition) is 2. The Morgan fingerprint density at radius 1 is 1.33 bits per heavy atom. The molecule has 0 radical (unpaired) electrons. The Bertz CT molecular complexity index is 807. The fourth-order valence-electron chi connectivity index (χ4n) is 2.48. The summed E-state index contributed by atoms with van der Waals surface area (Å²) in [5, 5.41) is 11.3.